The summed E-state index contributed by atoms with van der Waals surface area (Å²) < 4.78 is 5.69. The number of hydrogen-bond acceptors (Lipinski definition) is 4. The lowest BCUT2D eigenvalue weighted by molar-refractivity contribution is 0.103. The Hall–Kier alpha value is -3.31. The van der Waals surface area contributed by atoms with Crippen LogP contribution in [0.4, 0.5) is 0 Å². The minimum Gasteiger partial charge on any atom is -0.504 e. The molecule has 0 amide bonds. The van der Waals surface area contributed by atoms with Gasteiger partial charge in [0.2, 0.25) is 0 Å². The Bertz CT molecular complexity index is 1120. The number of para-hydroxylation sites is 1. The van der Waals surface area contributed by atoms with Gasteiger partial charge in [0.15, 0.2) is 17.3 Å². The van der Waals surface area contributed by atoms with Gasteiger partial charge in [-0.2, -0.15) is 0 Å². The summed E-state index contributed by atoms with van der Waals surface area (Å²) in [6.45, 7) is 0.249. The lowest BCUT2D eigenvalue weighted by atomic mass is 10.0. The van der Waals surface area contributed by atoms with E-state index in [9.17, 15) is 9.90 Å². The van der Waals surface area contributed by atoms with Crippen LogP contribution >= 0.6 is 11.6 Å². The highest BCUT2D eigenvalue weighted by molar-refractivity contribution is 6.30. The van der Waals surface area contributed by atoms with E-state index in [0.29, 0.717) is 21.6 Å². The molecular weight excluding hydrogens is 364 g/mol. The predicted octanol–water partition coefficient (Wildman–Crippen LogP) is 4.73. The first-order valence-electron chi connectivity index (χ1n) is 8.29. The van der Waals surface area contributed by atoms with Gasteiger partial charge in [0.1, 0.15) is 12.3 Å². The van der Waals surface area contributed by atoms with E-state index in [0.717, 1.165) is 5.56 Å². The summed E-state index contributed by atoms with van der Waals surface area (Å²) in [6.07, 6.45) is 3.25. The van der Waals surface area contributed by atoms with E-state index in [1.54, 1.807) is 48.8 Å². The third kappa shape index (κ3) is 3.37. The van der Waals surface area contributed by atoms with Crippen LogP contribution in [0.15, 0.2) is 67.0 Å². The summed E-state index contributed by atoms with van der Waals surface area (Å²) in [5.74, 6) is -0.243. The molecule has 0 saturated heterocycles. The first-order chi connectivity index (χ1) is 13.1. The van der Waals surface area contributed by atoms with Crippen molar-refractivity contribution >= 4 is 28.4 Å². The van der Waals surface area contributed by atoms with Crippen molar-refractivity contribution in [3.05, 3.63) is 88.7 Å². The molecule has 0 aliphatic carbocycles. The molecule has 27 heavy (non-hydrogen) atoms. The number of phenols is 1. The maximum Gasteiger partial charge on any atom is 0.199 e. The summed E-state index contributed by atoms with van der Waals surface area (Å²) in [4.78, 5) is 20.1. The molecular formula is C21H15ClN2O3. The van der Waals surface area contributed by atoms with Gasteiger partial charge >= 0.3 is 0 Å². The second-order valence-corrected chi connectivity index (χ2v) is 6.43. The molecule has 4 aromatic rings. The monoisotopic (exact) mass is 378 g/mol. The van der Waals surface area contributed by atoms with E-state index in [2.05, 4.69) is 9.97 Å². The van der Waals surface area contributed by atoms with E-state index in [-0.39, 0.29) is 29.5 Å². The fraction of sp³-hybridized carbons (Fsp3) is 0.0476. The van der Waals surface area contributed by atoms with Gasteiger partial charge in [-0.25, -0.2) is 4.98 Å². The quantitative estimate of drug-likeness (QED) is 0.492. The largest absolute Gasteiger partial charge is 0.504 e. The number of aromatic amines is 1. The Kier molecular flexibility index (Phi) is 4.52. The molecule has 2 aromatic carbocycles. The number of aromatic hydroxyl groups is 1. The Morgan fingerprint density at radius 2 is 1.89 bits per heavy atom. The minimum absolute atomic E-state index is 0.174. The normalized spacial score (nSPS) is 10.9. The van der Waals surface area contributed by atoms with E-state index in [1.165, 1.54) is 0 Å². The lowest BCUT2D eigenvalue weighted by Gasteiger charge is -2.11. The maximum absolute atomic E-state index is 12.9. The van der Waals surface area contributed by atoms with E-state index >= 15 is 0 Å². The highest BCUT2D eigenvalue weighted by Gasteiger charge is 2.20. The van der Waals surface area contributed by atoms with Gasteiger partial charge in [0.05, 0.1) is 5.56 Å². The van der Waals surface area contributed by atoms with Crippen LogP contribution in [-0.4, -0.2) is 20.9 Å². The first-order valence-corrected chi connectivity index (χ1v) is 8.67. The minimum atomic E-state index is -0.302. The molecule has 2 aromatic heterocycles. The number of ether oxygens (including phenoxy) is 1. The molecule has 0 spiro atoms. The summed E-state index contributed by atoms with van der Waals surface area (Å²) in [5.41, 5.74) is 2.14. The Balaban J connectivity index is 1.61. The number of carbonyl (C=O) groups excluding carboxylic acids is 1. The number of benzene rings is 2. The molecule has 6 heteroatoms. The number of fused-ring (bicyclic) bond motifs is 1. The second-order valence-electron chi connectivity index (χ2n) is 6.00. The molecule has 0 unspecified atom stereocenters. The molecule has 134 valence electrons. The van der Waals surface area contributed by atoms with Crippen molar-refractivity contribution in [2.45, 2.75) is 6.61 Å². The Morgan fingerprint density at radius 1 is 1.07 bits per heavy atom. The molecule has 5 nitrogen and oxygen atoms in total. The number of phenolic OH excluding ortho intramolecular Hbond substituents is 1. The summed E-state index contributed by atoms with van der Waals surface area (Å²) in [6, 6.07) is 15.7. The van der Waals surface area contributed by atoms with Gasteiger partial charge in [0, 0.05) is 28.4 Å². The van der Waals surface area contributed by atoms with Crippen LogP contribution in [0.3, 0.4) is 0 Å². The van der Waals surface area contributed by atoms with Crippen molar-refractivity contribution in [3.8, 4) is 11.5 Å². The molecule has 0 saturated carbocycles. The predicted molar refractivity (Wildman–Crippen MR) is 103 cm³/mol. The molecule has 0 aliphatic rings. The number of carbonyl (C=O) groups is 1. The van der Waals surface area contributed by atoms with Crippen molar-refractivity contribution in [3.63, 3.8) is 0 Å². The van der Waals surface area contributed by atoms with Gasteiger partial charge in [-0.05, 0) is 42.0 Å². The van der Waals surface area contributed by atoms with Crippen molar-refractivity contribution in [2.75, 3.05) is 0 Å². The van der Waals surface area contributed by atoms with Crippen molar-refractivity contribution < 1.29 is 14.6 Å². The SMILES string of the molecule is O=C(c1cccc(OCc2ccc(Cl)cc2)c1O)c1c[nH]c2ncccc12. The number of H-pyrrole nitrogens is 1. The summed E-state index contributed by atoms with van der Waals surface area (Å²) >= 11 is 5.87. The number of halogens is 1. The zero-order valence-electron chi connectivity index (χ0n) is 14.1. The van der Waals surface area contributed by atoms with Crippen LogP contribution in [0.5, 0.6) is 11.5 Å². The summed E-state index contributed by atoms with van der Waals surface area (Å²) in [5, 5.41) is 11.9. The third-order valence-corrected chi connectivity index (χ3v) is 4.50. The van der Waals surface area contributed by atoms with Crippen molar-refractivity contribution in [1.29, 1.82) is 0 Å². The zero-order chi connectivity index (χ0) is 18.8. The topological polar surface area (TPSA) is 75.2 Å². The van der Waals surface area contributed by atoms with Crippen LogP contribution in [-0.2, 0) is 6.61 Å². The van der Waals surface area contributed by atoms with Crippen LogP contribution in [0, 0.1) is 0 Å². The van der Waals surface area contributed by atoms with Gasteiger partial charge in [-0.1, -0.05) is 29.8 Å². The molecule has 2 heterocycles. The van der Waals surface area contributed by atoms with Crippen LogP contribution in [0.2, 0.25) is 5.02 Å². The fourth-order valence-electron chi connectivity index (χ4n) is 2.85. The fourth-order valence-corrected chi connectivity index (χ4v) is 2.98. The Labute approximate surface area is 160 Å². The summed E-state index contributed by atoms with van der Waals surface area (Å²) in [7, 11) is 0. The smallest absolute Gasteiger partial charge is 0.199 e. The number of rotatable bonds is 5. The average Bonchev–Trinajstić information content (AvgIpc) is 3.12. The molecule has 0 bridgehead atoms. The average molecular weight is 379 g/mol. The zero-order valence-corrected chi connectivity index (χ0v) is 14.9. The molecule has 2 N–H and O–H groups in total. The number of aromatic nitrogens is 2. The molecule has 0 aliphatic heterocycles. The molecule has 0 radical (unpaired) electrons. The van der Waals surface area contributed by atoms with Crippen molar-refractivity contribution in [2.24, 2.45) is 0 Å². The van der Waals surface area contributed by atoms with Crippen LogP contribution < -0.4 is 4.74 Å². The van der Waals surface area contributed by atoms with Gasteiger partial charge < -0.3 is 14.8 Å². The highest BCUT2D eigenvalue weighted by Crippen LogP contribution is 2.33. The number of nitrogens with one attached hydrogen (secondary N) is 1. The van der Waals surface area contributed by atoms with Gasteiger partial charge in [0.25, 0.3) is 0 Å². The van der Waals surface area contributed by atoms with E-state index in [1.807, 2.05) is 18.2 Å². The number of ketones is 1. The second kappa shape index (κ2) is 7.13. The van der Waals surface area contributed by atoms with Crippen LogP contribution in [0.1, 0.15) is 21.5 Å². The van der Waals surface area contributed by atoms with Crippen LogP contribution in [0.25, 0.3) is 11.0 Å². The number of pyridine rings is 1. The van der Waals surface area contributed by atoms with Crippen molar-refractivity contribution in [1.82, 2.24) is 9.97 Å². The van der Waals surface area contributed by atoms with E-state index in [4.69, 9.17) is 16.3 Å². The molecule has 0 fully saturated rings. The maximum atomic E-state index is 12.9. The number of hydrogen-bond donors (Lipinski definition) is 2. The third-order valence-electron chi connectivity index (χ3n) is 4.25. The van der Waals surface area contributed by atoms with E-state index < -0.39 is 0 Å². The lowest BCUT2D eigenvalue weighted by Crippen LogP contribution is -2.03. The Morgan fingerprint density at radius 3 is 2.70 bits per heavy atom. The first kappa shape index (κ1) is 17.1. The highest BCUT2D eigenvalue weighted by atomic mass is 35.5. The molecule has 0 atom stereocenters. The number of nitrogens with zero attached hydrogens (tertiary/aromatic N) is 1. The standard InChI is InChI=1S/C21H15ClN2O3/c22-14-8-6-13(7-9-14)12-27-18-5-1-3-16(20(18)26)19(25)17-11-24-21-15(17)4-2-10-23-21/h1-11,26H,12H2,(H,23,24). The van der Waals surface area contributed by atoms with Gasteiger partial charge in [-0.15, -0.1) is 0 Å². The molecule has 4 rings (SSSR count). The van der Waals surface area contributed by atoms with Gasteiger partial charge in [-0.3, -0.25) is 4.79 Å².